The molecule has 0 aromatic carbocycles. The van der Waals surface area contributed by atoms with Crippen molar-refractivity contribution in [3.63, 3.8) is 0 Å². The van der Waals surface area contributed by atoms with Gasteiger partial charge in [0.1, 0.15) is 5.75 Å². The van der Waals surface area contributed by atoms with Gasteiger partial charge in [0.25, 0.3) is 0 Å². The van der Waals surface area contributed by atoms with Crippen LogP contribution in [0.1, 0.15) is 0 Å². The van der Waals surface area contributed by atoms with Crippen LogP contribution >= 0.6 is 0 Å². The van der Waals surface area contributed by atoms with Gasteiger partial charge in [-0.1, -0.05) is 0 Å². The highest BCUT2D eigenvalue weighted by atomic mass is 32.2. The number of alkyl halides is 4. The van der Waals surface area contributed by atoms with E-state index < -0.39 is 29.2 Å². The van der Waals surface area contributed by atoms with Crippen molar-refractivity contribution in [1.29, 1.82) is 0 Å². The zero-order valence-corrected chi connectivity index (χ0v) is 5.38. The maximum Gasteiger partial charge on any atom is 0.321 e. The topological polar surface area (TPSA) is 37.3 Å². The molecule has 0 aliphatic carbocycles. The fourth-order valence-electron chi connectivity index (χ4n) is 0.228. The van der Waals surface area contributed by atoms with Crippen LogP contribution in [0.2, 0.25) is 0 Å². The molecule has 0 aromatic rings. The average molecular weight is 180 g/mol. The third-order valence-electron chi connectivity index (χ3n) is 0.635. The predicted molar refractivity (Wildman–Crippen MR) is 26.6 cm³/mol. The Morgan fingerprint density at radius 2 is 1.90 bits per heavy atom. The molecule has 0 fully saturated rings. The number of rotatable bonds is 3. The molecule has 2 nitrogen and oxygen atoms in total. The molecule has 10 heavy (non-hydrogen) atoms. The second-order valence-corrected chi connectivity index (χ2v) is 2.46. The van der Waals surface area contributed by atoms with E-state index in [2.05, 4.69) is 0 Å². The van der Waals surface area contributed by atoms with Crippen molar-refractivity contribution in [1.82, 2.24) is 0 Å². The Hall–Kier alpha value is -0.170. The number of hydrogen-bond acceptors (Lipinski definition) is 1. The Kier molecular flexibility index (Phi) is 3.23. The van der Waals surface area contributed by atoms with Crippen molar-refractivity contribution in [2.24, 2.45) is 0 Å². The Bertz CT molecular complexity index is 136. The highest BCUT2D eigenvalue weighted by Gasteiger charge is 2.42. The minimum Gasteiger partial charge on any atom is -0.306 e. The van der Waals surface area contributed by atoms with E-state index in [4.69, 9.17) is 4.55 Å². The summed E-state index contributed by atoms with van der Waals surface area (Å²) < 4.78 is 63.2. The molecule has 0 saturated carbocycles. The first-order chi connectivity index (χ1) is 4.36. The van der Waals surface area contributed by atoms with Gasteiger partial charge in [-0.25, -0.2) is 13.0 Å². The van der Waals surface area contributed by atoms with E-state index in [0.717, 1.165) is 0 Å². The lowest BCUT2D eigenvalue weighted by Gasteiger charge is -2.11. The van der Waals surface area contributed by atoms with Gasteiger partial charge in [-0.2, -0.15) is 8.78 Å². The van der Waals surface area contributed by atoms with Crippen molar-refractivity contribution in [2.45, 2.75) is 12.3 Å². The van der Waals surface area contributed by atoms with Gasteiger partial charge in [0.2, 0.25) is 0 Å². The third-order valence-corrected chi connectivity index (χ3v) is 1.27. The summed E-state index contributed by atoms with van der Waals surface area (Å²) in [7, 11) is 0. The number of hydrogen-bond donors (Lipinski definition) is 1. The molecule has 7 heteroatoms. The summed E-state index contributed by atoms with van der Waals surface area (Å²) >= 11 is -2.89. The summed E-state index contributed by atoms with van der Waals surface area (Å²) in [5.74, 6) is -6.08. The van der Waals surface area contributed by atoms with Crippen LogP contribution in [0, 0.1) is 0 Å². The molecule has 0 bridgehead atoms. The zero-order chi connectivity index (χ0) is 8.36. The zero-order valence-electron chi connectivity index (χ0n) is 4.56. The fraction of sp³-hybridized carbons (Fsp3) is 1.00. The lowest BCUT2D eigenvalue weighted by atomic mass is 10.4. The summed E-state index contributed by atoms with van der Waals surface area (Å²) in [6.07, 6.45) is -3.89. The molecule has 0 heterocycles. The Balaban J connectivity index is 3.99. The summed E-state index contributed by atoms with van der Waals surface area (Å²) in [5.41, 5.74) is 0. The van der Waals surface area contributed by atoms with Crippen LogP contribution in [-0.2, 0) is 11.1 Å². The first-order valence-electron chi connectivity index (χ1n) is 2.09. The van der Waals surface area contributed by atoms with E-state index in [9.17, 15) is 21.8 Å². The standard InChI is InChI=1S/C3H4F4O2S/c4-2(5)3(6,7)1-10(8)9/h2H,1H2,(H,8,9). The van der Waals surface area contributed by atoms with Gasteiger partial charge >= 0.3 is 12.3 Å². The molecular weight excluding hydrogens is 176 g/mol. The largest absolute Gasteiger partial charge is 0.321 e. The highest BCUT2D eigenvalue weighted by Crippen LogP contribution is 2.22. The third kappa shape index (κ3) is 3.11. The van der Waals surface area contributed by atoms with Gasteiger partial charge in [-0.05, 0) is 0 Å². The van der Waals surface area contributed by atoms with E-state index in [0.29, 0.717) is 0 Å². The van der Waals surface area contributed by atoms with Crippen LogP contribution in [0.4, 0.5) is 17.6 Å². The second-order valence-electron chi connectivity index (χ2n) is 1.53. The van der Waals surface area contributed by atoms with Crippen LogP contribution in [0.25, 0.3) is 0 Å². The smallest absolute Gasteiger partial charge is 0.306 e. The van der Waals surface area contributed by atoms with E-state index in [-0.39, 0.29) is 0 Å². The van der Waals surface area contributed by atoms with Gasteiger partial charge in [0.05, 0.1) is 0 Å². The molecule has 0 aromatic heterocycles. The van der Waals surface area contributed by atoms with Gasteiger partial charge in [0.15, 0.2) is 11.1 Å². The Labute approximate surface area is 56.5 Å². The summed E-state index contributed by atoms with van der Waals surface area (Å²) in [6.45, 7) is 0. The minimum absolute atomic E-state index is 1.72. The molecule has 0 amide bonds. The summed E-state index contributed by atoms with van der Waals surface area (Å²) in [5, 5.41) is 0. The molecule has 1 unspecified atom stereocenters. The fourth-order valence-corrected chi connectivity index (χ4v) is 0.683. The van der Waals surface area contributed by atoms with Gasteiger partial charge in [-0.15, -0.1) is 0 Å². The minimum atomic E-state index is -4.36. The molecular formula is C3H4F4O2S. The van der Waals surface area contributed by atoms with E-state index in [1.165, 1.54) is 0 Å². The second kappa shape index (κ2) is 3.29. The van der Waals surface area contributed by atoms with Crippen LogP contribution in [-0.4, -0.2) is 26.9 Å². The lowest BCUT2D eigenvalue weighted by Crippen LogP contribution is -2.32. The van der Waals surface area contributed by atoms with E-state index in [1.807, 2.05) is 0 Å². The first-order valence-corrected chi connectivity index (χ1v) is 3.37. The Morgan fingerprint density at radius 3 is 2.00 bits per heavy atom. The molecule has 0 spiro atoms. The Morgan fingerprint density at radius 1 is 1.50 bits per heavy atom. The van der Waals surface area contributed by atoms with Crippen molar-refractivity contribution in [2.75, 3.05) is 5.75 Å². The monoisotopic (exact) mass is 180 g/mol. The predicted octanol–water partition coefficient (Wildman–Crippen LogP) is 1.11. The summed E-state index contributed by atoms with van der Waals surface area (Å²) in [4.78, 5) is 0. The number of halogens is 4. The average Bonchev–Trinajstić information content (AvgIpc) is 1.60. The van der Waals surface area contributed by atoms with E-state index in [1.54, 1.807) is 0 Å². The first kappa shape index (κ1) is 9.83. The normalized spacial score (nSPS) is 15.8. The maximum absolute atomic E-state index is 11.7. The maximum atomic E-state index is 11.7. The molecule has 0 aliphatic rings. The van der Waals surface area contributed by atoms with Crippen molar-refractivity contribution < 1.29 is 26.3 Å². The highest BCUT2D eigenvalue weighted by molar-refractivity contribution is 7.79. The molecule has 62 valence electrons. The molecule has 0 radical (unpaired) electrons. The van der Waals surface area contributed by atoms with Crippen molar-refractivity contribution in [3.05, 3.63) is 0 Å². The van der Waals surface area contributed by atoms with Crippen LogP contribution in [0.15, 0.2) is 0 Å². The van der Waals surface area contributed by atoms with Gasteiger partial charge in [0, 0.05) is 0 Å². The van der Waals surface area contributed by atoms with Gasteiger partial charge in [-0.3, -0.25) is 0 Å². The molecule has 0 aliphatic heterocycles. The SMILES string of the molecule is O=S(O)CC(F)(F)C(F)F. The van der Waals surface area contributed by atoms with Crippen LogP contribution in [0.3, 0.4) is 0 Å². The molecule has 1 N–H and O–H groups in total. The quantitative estimate of drug-likeness (QED) is 0.521. The van der Waals surface area contributed by atoms with Gasteiger partial charge < -0.3 is 4.55 Å². The van der Waals surface area contributed by atoms with E-state index >= 15 is 0 Å². The lowest BCUT2D eigenvalue weighted by molar-refractivity contribution is -0.111. The van der Waals surface area contributed by atoms with Crippen LogP contribution < -0.4 is 0 Å². The molecule has 0 saturated heterocycles. The van der Waals surface area contributed by atoms with Crippen molar-refractivity contribution >= 4 is 11.1 Å². The van der Waals surface area contributed by atoms with Crippen LogP contribution in [0.5, 0.6) is 0 Å². The molecule has 0 rings (SSSR count). The summed E-state index contributed by atoms with van der Waals surface area (Å²) in [6, 6.07) is 0. The van der Waals surface area contributed by atoms with Crippen molar-refractivity contribution in [3.8, 4) is 0 Å². The molecule has 1 atom stereocenters.